The van der Waals surface area contributed by atoms with Gasteiger partial charge in [-0.1, -0.05) is 53.7 Å². The van der Waals surface area contributed by atoms with Crippen LogP contribution in [0.2, 0.25) is 0 Å². The molecule has 0 unspecified atom stereocenters. The van der Waals surface area contributed by atoms with Crippen LogP contribution in [0.5, 0.6) is 0 Å². The summed E-state index contributed by atoms with van der Waals surface area (Å²) in [7, 11) is -3.62. The molecule has 9 nitrogen and oxygen atoms in total. The van der Waals surface area contributed by atoms with Crippen molar-refractivity contribution in [2.45, 2.75) is 11.5 Å². The zero-order valence-corrected chi connectivity index (χ0v) is 14.8. The Morgan fingerprint density at radius 2 is 1.63 bits per heavy atom. The van der Waals surface area contributed by atoms with Gasteiger partial charge in [0.1, 0.15) is 11.5 Å². The predicted octanol–water partition coefficient (Wildman–Crippen LogP) is 1.83. The van der Waals surface area contributed by atoms with E-state index in [1.165, 1.54) is 4.68 Å². The second-order valence-electron chi connectivity index (χ2n) is 5.75. The molecule has 0 fully saturated rings. The molecular weight excluding hydrogens is 368 g/mol. The summed E-state index contributed by atoms with van der Waals surface area (Å²) in [6.45, 7) is 0. The molecule has 0 aliphatic carbocycles. The van der Waals surface area contributed by atoms with Crippen LogP contribution in [0, 0.1) is 0 Å². The molecular formula is C17H14N6O3S. The van der Waals surface area contributed by atoms with E-state index < -0.39 is 15.6 Å². The zero-order chi connectivity index (χ0) is 18.7. The van der Waals surface area contributed by atoms with Gasteiger partial charge in [-0.25, -0.2) is 8.42 Å². The van der Waals surface area contributed by atoms with E-state index in [-0.39, 0.29) is 17.5 Å². The molecule has 10 heteroatoms. The minimum absolute atomic E-state index is 0.0209. The summed E-state index contributed by atoms with van der Waals surface area (Å²) in [4.78, 5) is 4.16. The highest BCUT2D eigenvalue weighted by Gasteiger charge is 2.22. The Labute approximate surface area is 154 Å². The SMILES string of the molecule is O=S(=O)(Cc1nc(-c2ccccc2)no1)Cc1nnnn1-c1ccccc1. The van der Waals surface area contributed by atoms with E-state index in [1.807, 2.05) is 48.5 Å². The smallest absolute Gasteiger partial charge is 0.242 e. The summed E-state index contributed by atoms with van der Waals surface area (Å²) in [6.07, 6.45) is 0. The minimum Gasteiger partial charge on any atom is -0.338 e. The largest absolute Gasteiger partial charge is 0.338 e. The van der Waals surface area contributed by atoms with Crippen LogP contribution in [-0.4, -0.2) is 38.8 Å². The van der Waals surface area contributed by atoms with Crippen LogP contribution in [-0.2, 0) is 21.3 Å². The van der Waals surface area contributed by atoms with E-state index in [1.54, 1.807) is 12.1 Å². The third-order valence-electron chi connectivity index (χ3n) is 3.73. The number of aromatic nitrogens is 6. The molecule has 0 aliphatic heterocycles. The maximum Gasteiger partial charge on any atom is 0.242 e. The molecule has 2 aromatic heterocycles. The van der Waals surface area contributed by atoms with Gasteiger partial charge in [-0.05, 0) is 22.6 Å². The van der Waals surface area contributed by atoms with Crippen molar-refractivity contribution in [1.29, 1.82) is 0 Å². The van der Waals surface area contributed by atoms with Gasteiger partial charge < -0.3 is 4.52 Å². The Morgan fingerprint density at radius 3 is 2.37 bits per heavy atom. The Hall–Kier alpha value is -3.40. The van der Waals surface area contributed by atoms with Crippen molar-refractivity contribution in [3.05, 3.63) is 72.4 Å². The zero-order valence-electron chi connectivity index (χ0n) is 14.0. The van der Waals surface area contributed by atoms with Crippen molar-refractivity contribution >= 4 is 9.84 Å². The highest BCUT2D eigenvalue weighted by Crippen LogP contribution is 2.17. The molecule has 27 heavy (non-hydrogen) atoms. The fourth-order valence-corrected chi connectivity index (χ4v) is 3.69. The van der Waals surface area contributed by atoms with E-state index in [4.69, 9.17) is 4.52 Å². The summed E-state index contributed by atoms with van der Waals surface area (Å²) in [5.74, 6) is -0.168. The number of hydrogen-bond acceptors (Lipinski definition) is 8. The third kappa shape index (κ3) is 3.90. The lowest BCUT2D eigenvalue weighted by molar-refractivity contribution is 0.389. The van der Waals surface area contributed by atoms with Gasteiger partial charge in [0.2, 0.25) is 11.7 Å². The molecule has 0 radical (unpaired) electrons. The first-order chi connectivity index (χ1) is 13.1. The van der Waals surface area contributed by atoms with Crippen LogP contribution in [0.25, 0.3) is 17.1 Å². The fraction of sp³-hybridized carbons (Fsp3) is 0.118. The second-order valence-corrected chi connectivity index (χ2v) is 7.82. The number of para-hydroxylation sites is 1. The van der Waals surface area contributed by atoms with Crippen LogP contribution in [0.4, 0.5) is 0 Å². The van der Waals surface area contributed by atoms with Crippen LogP contribution < -0.4 is 0 Å². The van der Waals surface area contributed by atoms with E-state index in [2.05, 4.69) is 25.7 Å². The number of nitrogens with zero attached hydrogens (tertiary/aromatic N) is 6. The van der Waals surface area contributed by atoms with Crippen LogP contribution >= 0.6 is 0 Å². The minimum atomic E-state index is -3.62. The van der Waals surface area contributed by atoms with Crippen molar-refractivity contribution < 1.29 is 12.9 Å². The van der Waals surface area contributed by atoms with Gasteiger partial charge in [-0.3, -0.25) is 0 Å². The van der Waals surface area contributed by atoms with Crippen molar-refractivity contribution in [2.75, 3.05) is 0 Å². The maximum atomic E-state index is 12.6. The highest BCUT2D eigenvalue weighted by atomic mass is 32.2. The fourth-order valence-electron chi connectivity index (χ4n) is 2.52. The summed E-state index contributed by atoms with van der Waals surface area (Å²) in [5, 5.41) is 15.1. The predicted molar refractivity (Wildman–Crippen MR) is 95.2 cm³/mol. The molecule has 0 aliphatic rings. The first-order valence-electron chi connectivity index (χ1n) is 8.02. The van der Waals surface area contributed by atoms with E-state index >= 15 is 0 Å². The molecule has 0 bridgehead atoms. The standard InChI is InChI=1S/C17H14N6O3S/c24-27(25,11-15-19-21-22-23(15)14-9-5-2-6-10-14)12-16-18-17(20-26-16)13-7-3-1-4-8-13/h1-10H,11-12H2. The topological polar surface area (TPSA) is 117 Å². The average Bonchev–Trinajstić information content (AvgIpc) is 3.32. The van der Waals surface area contributed by atoms with Crippen LogP contribution in [0.1, 0.15) is 11.7 Å². The van der Waals surface area contributed by atoms with Gasteiger partial charge in [0.15, 0.2) is 15.7 Å². The van der Waals surface area contributed by atoms with Gasteiger partial charge >= 0.3 is 0 Å². The molecule has 4 rings (SSSR count). The van der Waals surface area contributed by atoms with Crippen molar-refractivity contribution in [1.82, 2.24) is 30.3 Å². The molecule has 2 heterocycles. The molecule has 0 saturated carbocycles. The number of rotatable bonds is 6. The van der Waals surface area contributed by atoms with Gasteiger partial charge in [0, 0.05) is 5.56 Å². The molecule has 136 valence electrons. The van der Waals surface area contributed by atoms with Crippen molar-refractivity contribution in [3.8, 4) is 17.1 Å². The number of hydrogen-bond donors (Lipinski definition) is 0. The molecule has 2 aromatic carbocycles. The number of benzene rings is 2. The quantitative estimate of drug-likeness (QED) is 0.496. The molecule has 0 N–H and O–H groups in total. The molecule has 4 aromatic rings. The lowest BCUT2D eigenvalue weighted by Crippen LogP contribution is -2.13. The maximum absolute atomic E-state index is 12.6. The van der Waals surface area contributed by atoms with Crippen LogP contribution in [0.3, 0.4) is 0 Å². The second kappa shape index (κ2) is 7.08. The Balaban J connectivity index is 1.53. The summed E-state index contributed by atoms with van der Waals surface area (Å²) in [6, 6.07) is 18.2. The number of tetrazole rings is 1. The molecule has 0 spiro atoms. The number of sulfone groups is 1. The normalized spacial score (nSPS) is 11.6. The first-order valence-corrected chi connectivity index (χ1v) is 9.84. The summed E-state index contributed by atoms with van der Waals surface area (Å²) < 4.78 is 31.6. The lowest BCUT2D eigenvalue weighted by Gasteiger charge is -2.04. The monoisotopic (exact) mass is 382 g/mol. The van der Waals surface area contributed by atoms with Gasteiger partial charge in [0.25, 0.3) is 0 Å². The summed E-state index contributed by atoms with van der Waals surface area (Å²) >= 11 is 0. The first kappa shape index (κ1) is 17.0. The Bertz CT molecular complexity index is 1140. The highest BCUT2D eigenvalue weighted by molar-refractivity contribution is 7.89. The Kier molecular flexibility index (Phi) is 4.47. The van der Waals surface area contributed by atoms with Gasteiger partial charge in [-0.15, -0.1) is 5.10 Å². The summed E-state index contributed by atoms with van der Waals surface area (Å²) in [5.41, 5.74) is 1.43. The molecule has 0 saturated heterocycles. The lowest BCUT2D eigenvalue weighted by atomic mass is 10.2. The van der Waals surface area contributed by atoms with Gasteiger partial charge in [-0.2, -0.15) is 9.67 Å². The van der Waals surface area contributed by atoms with E-state index in [9.17, 15) is 8.42 Å². The Morgan fingerprint density at radius 1 is 0.926 bits per heavy atom. The van der Waals surface area contributed by atoms with E-state index in [0.29, 0.717) is 11.5 Å². The van der Waals surface area contributed by atoms with Crippen molar-refractivity contribution in [3.63, 3.8) is 0 Å². The van der Waals surface area contributed by atoms with Gasteiger partial charge in [0.05, 0.1) is 5.69 Å². The molecule has 0 atom stereocenters. The van der Waals surface area contributed by atoms with Crippen LogP contribution in [0.15, 0.2) is 65.2 Å². The third-order valence-corrected chi connectivity index (χ3v) is 5.11. The molecule has 0 amide bonds. The van der Waals surface area contributed by atoms with Crippen molar-refractivity contribution in [2.24, 2.45) is 0 Å². The average molecular weight is 382 g/mol. The van der Waals surface area contributed by atoms with E-state index in [0.717, 1.165) is 5.56 Å².